The molecule has 160 valence electrons. The molecule has 0 saturated carbocycles. The molecule has 0 bridgehead atoms. The van der Waals surface area contributed by atoms with Crippen LogP contribution >= 0.6 is 0 Å². The summed E-state index contributed by atoms with van der Waals surface area (Å²) in [6.07, 6.45) is 1.23. The molecule has 2 aromatic rings. The topological polar surface area (TPSA) is 63.2 Å². The molecule has 6 heteroatoms. The Morgan fingerprint density at radius 2 is 1.41 bits per heavy atom. The molecule has 0 spiro atoms. The fourth-order valence-corrected chi connectivity index (χ4v) is 2.74. The van der Waals surface area contributed by atoms with Crippen LogP contribution in [0.15, 0.2) is 30.3 Å². The highest BCUT2D eigenvalue weighted by atomic mass is 16.5. The van der Waals surface area contributed by atoms with E-state index in [1.807, 2.05) is 19.9 Å². The number of benzene rings is 2. The van der Waals surface area contributed by atoms with Crippen molar-refractivity contribution in [3.05, 3.63) is 47.0 Å². The van der Waals surface area contributed by atoms with Gasteiger partial charge in [0.25, 0.3) is 0 Å². The maximum atomic E-state index is 11.1. The largest absolute Gasteiger partial charge is 0.493 e. The average Bonchev–Trinajstić information content (AvgIpc) is 2.73. The van der Waals surface area contributed by atoms with Gasteiger partial charge in [-0.15, -0.1) is 0 Å². The monoisotopic (exact) mass is 404 g/mol. The summed E-state index contributed by atoms with van der Waals surface area (Å²) in [6.45, 7) is 6.26. The van der Waals surface area contributed by atoms with Gasteiger partial charge in [-0.25, -0.2) is 0 Å². The van der Waals surface area contributed by atoms with Crippen LogP contribution in [0.5, 0.6) is 23.0 Å². The second-order valence-electron chi connectivity index (χ2n) is 6.29. The highest BCUT2D eigenvalue weighted by Crippen LogP contribution is 2.46. The van der Waals surface area contributed by atoms with Crippen molar-refractivity contribution >= 4 is 5.97 Å². The Hall–Kier alpha value is -2.89. The zero-order chi connectivity index (χ0) is 21.8. The van der Waals surface area contributed by atoms with E-state index in [1.54, 1.807) is 28.4 Å². The predicted octanol–water partition coefficient (Wildman–Crippen LogP) is 4.52. The second kappa shape index (κ2) is 12.5. The highest BCUT2D eigenvalue weighted by Gasteiger charge is 2.19. The minimum atomic E-state index is -0.118. The number of carbonyl (C=O) groups excluding carboxylic acids is 1. The summed E-state index contributed by atoms with van der Waals surface area (Å²) in [7, 11) is 6.31. The van der Waals surface area contributed by atoms with Crippen LogP contribution in [0.2, 0.25) is 0 Å². The van der Waals surface area contributed by atoms with E-state index in [4.69, 9.17) is 23.7 Å². The summed E-state index contributed by atoms with van der Waals surface area (Å²) in [5.74, 6) is 2.27. The summed E-state index contributed by atoms with van der Waals surface area (Å²) in [5.41, 5.74) is 3.36. The van der Waals surface area contributed by atoms with Crippen LogP contribution in [0.25, 0.3) is 0 Å². The summed E-state index contributed by atoms with van der Waals surface area (Å²) in [4.78, 5) is 11.1. The minimum absolute atomic E-state index is 0.118. The van der Waals surface area contributed by atoms with Gasteiger partial charge in [0.2, 0.25) is 11.5 Å². The normalized spacial score (nSPS) is 9.76. The Balaban J connectivity index is 0.000000291. The lowest BCUT2D eigenvalue weighted by Crippen LogP contribution is -2.04. The summed E-state index contributed by atoms with van der Waals surface area (Å²) >= 11 is 0. The molecule has 0 aliphatic heterocycles. The Morgan fingerprint density at radius 1 is 0.828 bits per heavy atom. The van der Waals surface area contributed by atoms with Gasteiger partial charge in [0.05, 0.1) is 35.0 Å². The van der Waals surface area contributed by atoms with Crippen molar-refractivity contribution < 1.29 is 28.5 Å². The van der Waals surface area contributed by atoms with E-state index in [-0.39, 0.29) is 5.97 Å². The predicted molar refractivity (Wildman–Crippen MR) is 114 cm³/mol. The smallest absolute Gasteiger partial charge is 0.306 e. The van der Waals surface area contributed by atoms with Gasteiger partial charge in [0.15, 0.2) is 11.5 Å². The van der Waals surface area contributed by atoms with Gasteiger partial charge in [-0.3, -0.25) is 4.79 Å². The molecule has 29 heavy (non-hydrogen) atoms. The lowest BCUT2D eigenvalue weighted by Gasteiger charge is -2.16. The van der Waals surface area contributed by atoms with Gasteiger partial charge in [-0.1, -0.05) is 29.8 Å². The molecule has 0 saturated heterocycles. The molecule has 0 aliphatic rings. The first-order valence-corrected chi connectivity index (χ1v) is 9.46. The van der Waals surface area contributed by atoms with E-state index < -0.39 is 0 Å². The van der Waals surface area contributed by atoms with Crippen molar-refractivity contribution in [2.45, 2.75) is 33.6 Å². The van der Waals surface area contributed by atoms with Crippen molar-refractivity contribution in [2.75, 3.05) is 35.0 Å². The average molecular weight is 405 g/mol. The Labute approximate surface area is 173 Å². The van der Waals surface area contributed by atoms with Gasteiger partial charge in [-0.2, -0.15) is 0 Å². The Kier molecular flexibility index (Phi) is 10.4. The van der Waals surface area contributed by atoms with Crippen LogP contribution in [0.4, 0.5) is 0 Å². The van der Waals surface area contributed by atoms with Crippen molar-refractivity contribution in [1.29, 1.82) is 0 Å². The number of aryl methyl sites for hydroxylation is 3. The van der Waals surface area contributed by atoms with E-state index >= 15 is 0 Å². The van der Waals surface area contributed by atoms with Crippen LogP contribution in [-0.2, 0) is 16.0 Å². The molecule has 0 unspecified atom stereocenters. The molecule has 0 aliphatic carbocycles. The molecule has 6 nitrogen and oxygen atoms in total. The maximum absolute atomic E-state index is 11.1. The van der Waals surface area contributed by atoms with E-state index in [1.165, 1.54) is 11.1 Å². The number of hydrogen-bond donors (Lipinski definition) is 0. The molecule has 0 atom stereocenters. The number of rotatable bonds is 8. The SMILES string of the molecule is CCOC(=O)CCc1ccc(C)cc1.COc1cc(C)c(OC)c(OC)c1OC. The van der Waals surface area contributed by atoms with E-state index in [0.29, 0.717) is 36.0 Å². The molecule has 0 aromatic heterocycles. The van der Waals surface area contributed by atoms with E-state index in [0.717, 1.165) is 12.0 Å². The first kappa shape index (κ1) is 24.1. The van der Waals surface area contributed by atoms with Crippen molar-refractivity contribution in [3.63, 3.8) is 0 Å². The van der Waals surface area contributed by atoms with Crippen LogP contribution in [-0.4, -0.2) is 41.0 Å². The molecule has 0 fully saturated rings. The molecule has 0 radical (unpaired) electrons. The lowest BCUT2D eigenvalue weighted by atomic mass is 10.1. The van der Waals surface area contributed by atoms with Crippen molar-refractivity contribution in [1.82, 2.24) is 0 Å². The third-order valence-corrected chi connectivity index (χ3v) is 4.22. The molecular weight excluding hydrogens is 372 g/mol. The number of ether oxygens (including phenoxy) is 5. The standard InChI is InChI=1S/C12H16O2.C11H16O4/c1-3-14-12(13)9-8-11-6-4-10(2)5-7-11;1-7-6-8(12-2)10(14-4)11(15-5)9(7)13-3/h4-7H,3,8-9H2,1-2H3;6H,1-5H3. The molecule has 0 N–H and O–H groups in total. The van der Waals surface area contributed by atoms with Gasteiger partial charge >= 0.3 is 5.97 Å². The first-order valence-electron chi connectivity index (χ1n) is 9.46. The Morgan fingerprint density at radius 3 is 1.90 bits per heavy atom. The van der Waals surface area contributed by atoms with Gasteiger partial charge in [0.1, 0.15) is 0 Å². The van der Waals surface area contributed by atoms with Crippen LogP contribution < -0.4 is 18.9 Å². The zero-order valence-electron chi connectivity index (χ0n) is 18.5. The lowest BCUT2D eigenvalue weighted by molar-refractivity contribution is -0.143. The minimum Gasteiger partial charge on any atom is -0.493 e. The summed E-state index contributed by atoms with van der Waals surface area (Å²) in [5, 5.41) is 0. The fourth-order valence-electron chi connectivity index (χ4n) is 2.74. The van der Waals surface area contributed by atoms with Crippen molar-refractivity contribution in [2.24, 2.45) is 0 Å². The summed E-state index contributed by atoms with van der Waals surface area (Å²) in [6, 6.07) is 10.1. The summed E-state index contributed by atoms with van der Waals surface area (Å²) < 4.78 is 25.8. The van der Waals surface area contributed by atoms with Gasteiger partial charge in [0, 0.05) is 6.42 Å². The zero-order valence-corrected chi connectivity index (χ0v) is 18.5. The number of carbonyl (C=O) groups is 1. The molecule has 0 amide bonds. The second-order valence-corrected chi connectivity index (χ2v) is 6.29. The fraction of sp³-hybridized carbons (Fsp3) is 0.435. The third kappa shape index (κ3) is 7.22. The Bertz CT molecular complexity index is 768. The molecule has 0 heterocycles. The quantitative estimate of drug-likeness (QED) is 0.603. The molecular formula is C23H32O6. The highest BCUT2D eigenvalue weighted by molar-refractivity contribution is 5.69. The molecule has 2 rings (SSSR count). The number of esters is 1. The van der Waals surface area contributed by atoms with Gasteiger partial charge < -0.3 is 23.7 Å². The molecule has 2 aromatic carbocycles. The first-order chi connectivity index (χ1) is 13.9. The number of hydrogen-bond acceptors (Lipinski definition) is 6. The van der Waals surface area contributed by atoms with Crippen LogP contribution in [0.3, 0.4) is 0 Å². The van der Waals surface area contributed by atoms with Gasteiger partial charge in [-0.05, 0) is 44.4 Å². The maximum Gasteiger partial charge on any atom is 0.306 e. The van der Waals surface area contributed by atoms with Crippen LogP contribution in [0, 0.1) is 13.8 Å². The third-order valence-electron chi connectivity index (χ3n) is 4.22. The number of methoxy groups -OCH3 is 4. The van der Waals surface area contributed by atoms with E-state index in [9.17, 15) is 4.79 Å². The van der Waals surface area contributed by atoms with E-state index in [2.05, 4.69) is 31.2 Å². The van der Waals surface area contributed by atoms with Crippen molar-refractivity contribution in [3.8, 4) is 23.0 Å². The van der Waals surface area contributed by atoms with Crippen LogP contribution in [0.1, 0.15) is 30.0 Å².